The van der Waals surface area contributed by atoms with Crippen molar-refractivity contribution in [3.8, 4) is 11.1 Å². The molecule has 54 heavy (non-hydrogen) atoms. The van der Waals surface area contributed by atoms with Crippen molar-refractivity contribution in [3.05, 3.63) is 146 Å². The van der Waals surface area contributed by atoms with Crippen LogP contribution in [-0.4, -0.2) is 8.80 Å². The number of rotatable bonds is 1. The Balaban J connectivity index is 1.36. The maximum Gasteiger partial charge on any atom is 0.295 e. The Bertz CT molecular complexity index is 3290. The van der Waals surface area contributed by atoms with E-state index in [1.165, 1.54) is 16.3 Å². The molecule has 0 unspecified atom stereocenters. The second-order valence-corrected chi connectivity index (χ2v) is 17.3. The Hall–Kier alpha value is -6.07. The van der Waals surface area contributed by atoms with Gasteiger partial charge >= 0.3 is 0 Å². The molecule has 0 atom stereocenters. The summed E-state index contributed by atoms with van der Waals surface area (Å²) in [5.41, 5.74) is 11.7. The van der Waals surface area contributed by atoms with Crippen LogP contribution >= 0.6 is 0 Å². The molecule has 4 heterocycles. The summed E-state index contributed by atoms with van der Waals surface area (Å²) in [6, 6.07) is 38.1. The lowest BCUT2D eigenvalue weighted by Gasteiger charge is -2.23. The lowest BCUT2D eigenvalue weighted by Crippen LogP contribution is -2.27. The molecule has 0 saturated heterocycles. The molecule has 264 valence electrons. The molecule has 0 aliphatic heterocycles. The van der Waals surface area contributed by atoms with Gasteiger partial charge in [0, 0.05) is 32.3 Å². The number of benzene rings is 6. The van der Waals surface area contributed by atoms with Gasteiger partial charge in [0.05, 0.1) is 29.0 Å². The average molecular weight is 705 g/mol. The molecule has 0 fully saturated rings. The predicted octanol–water partition coefficient (Wildman–Crippen LogP) is 10.7. The van der Waals surface area contributed by atoms with E-state index in [1.807, 2.05) is 24.3 Å². The SMILES string of the molecule is Cc1cccc2c3ccc(-c4cc5c(=O)c6ccc(C(C)(C)C)cc6n6c7cc(C(C)(C)C)ccc7c(=O)c(c4)c56)cc3n3c4ccccc4[n+](C)c3c12. The van der Waals surface area contributed by atoms with Crippen molar-refractivity contribution in [2.24, 2.45) is 7.05 Å². The first-order chi connectivity index (χ1) is 25.7. The Morgan fingerprint density at radius 2 is 1.07 bits per heavy atom. The van der Waals surface area contributed by atoms with Crippen LogP contribution in [0, 0.1) is 6.92 Å². The fourth-order valence-corrected chi connectivity index (χ4v) is 8.95. The third-order valence-electron chi connectivity index (χ3n) is 11.9. The van der Waals surface area contributed by atoms with E-state index in [0.29, 0.717) is 27.1 Å². The van der Waals surface area contributed by atoms with E-state index >= 15 is 0 Å². The van der Waals surface area contributed by atoms with Gasteiger partial charge in [-0.25, -0.2) is 4.57 Å². The van der Waals surface area contributed by atoms with Crippen LogP contribution in [0.5, 0.6) is 0 Å². The zero-order chi connectivity index (χ0) is 37.6. The summed E-state index contributed by atoms with van der Waals surface area (Å²) in [7, 11) is 2.14. The van der Waals surface area contributed by atoms with Crippen molar-refractivity contribution in [3.63, 3.8) is 0 Å². The van der Waals surface area contributed by atoms with Gasteiger partial charge in [-0.05, 0) is 106 Å². The molecule has 0 bridgehead atoms. The highest BCUT2D eigenvalue weighted by atomic mass is 16.1. The molecule has 5 nitrogen and oxygen atoms in total. The van der Waals surface area contributed by atoms with Gasteiger partial charge in [-0.3, -0.25) is 9.59 Å². The van der Waals surface area contributed by atoms with Crippen molar-refractivity contribution in [2.45, 2.75) is 59.3 Å². The summed E-state index contributed by atoms with van der Waals surface area (Å²) in [6.07, 6.45) is 0. The number of hydrogen-bond donors (Lipinski definition) is 0. The first-order valence-corrected chi connectivity index (χ1v) is 18.8. The van der Waals surface area contributed by atoms with Crippen LogP contribution < -0.4 is 15.4 Å². The Kier molecular flexibility index (Phi) is 6.49. The minimum Gasteiger partial charge on any atom is -0.307 e. The monoisotopic (exact) mass is 704 g/mol. The fraction of sp³-hybridized carbons (Fsp3) is 0.204. The zero-order valence-corrected chi connectivity index (χ0v) is 32.1. The third-order valence-corrected chi connectivity index (χ3v) is 11.9. The molecular formula is C49H42N3O2+. The molecule has 0 saturated carbocycles. The highest BCUT2D eigenvalue weighted by molar-refractivity contribution is 6.15. The highest BCUT2D eigenvalue weighted by Gasteiger charge is 2.26. The summed E-state index contributed by atoms with van der Waals surface area (Å²) in [5, 5.41) is 5.97. The minimum atomic E-state index is -0.125. The van der Waals surface area contributed by atoms with E-state index in [9.17, 15) is 9.59 Å². The Morgan fingerprint density at radius 1 is 0.500 bits per heavy atom. The molecule has 0 aliphatic rings. The molecule has 10 aromatic rings. The number of imidazole rings is 1. The smallest absolute Gasteiger partial charge is 0.295 e. The van der Waals surface area contributed by atoms with Gasteiger partial charge in [-0.2, -0.15) is 4.40 Å². The molecule has 0 radical (unpaired) electrons. The lowest BCUT2D eigenvalue weighted by atomic mass is 9.85. The van der Waals surface area contributed by atoms with Crippen LogP contribution in [0.3, 0.4) is 0 Å². The van der Waals surface area contributed by atoms with E-state index < -0.39 is 0 Å². The molecule has 6 aromatic carbocycles. The molecule has 0 aliphatic carbocycles. The molecule has 0 amide bonds. The van der Waals surface area contributed by atoms with Gasteiger partial charge in [0.1, 0.15) is 5.52 Å². The summed E-state index contributed by atoms with van der Waals surface area (Å²) >= 11 is 0. The number of para-hydroxylation sites is 2. The van der Waals surface area contributed by atoms with Gasteiger partial charge in [0.25, 0.3) is 5.65 Å². The highest BCUT2D eigenvalue weighted by Crippen LogP contribution is 2.38. The van der Waals surface area contributed by atoms with Crippen LogP contribution in [0.1, 0.15) is 58.2 Å². The summed E-state index contributed by atoms with van der Waals surface area (Å²) in [5.74, 6) is 0. The van der Waals surface area contributed by atoms with Gasteiger partial charge in [-0.1, -0.05) is 90.1 Å². The van der Waals surface area contributed by atoms with Crippen LogP contribution in [-0.2, 0) is 17.9 Å². The number of aryl methyl sites for hydroxylation is 2. The largest absolute Gasteiger partial charge is 0.307 e. The quantitative estimate of drug-likeness (QED) is 0.0970. The lowest BCUT2D eigenvalue weighted by molar-refractivity contribution is -0.617. The molecule has 10 rings (SSSR count). The van der Waals surface area contributed by atoms with E-state index in [-0.39, 0.29) is 21.7 Å². The topological polar surface area (TPSA) is 46.8 Å². The molecule has 0 N–H and O–H groups in total. The van der Waals surface area contributed by atoms with Crippen LogP contribution in [0.15, 0.2) is 119 Å². The van der Waals surface area contributed by atoms with E-state index in [0.717, 1.165) is 60.9 Å². The third kappa shape index (κ3) is 4.35. The molecule has 5 heteroatoms. The zero-order valence-electron chi connectivity index (χ0n) is 32.1. The number of aromatic nitrogens is 3. The van der Waals surface area contributed by atoms with E-state index in [4.69, 9.17) is 0 Å². The summed E-state index contributed by atoms with van der Waals surface area (Å²) in [4.78, 5) is 29.4. The first kappa shape index (κ1) is 32.6. The maximum absolute atomic E-state index is 14.7. The number of nitrogens with zero attached hydrogens (tertiary/aromatic N) is 3. The number of hydrogen-bond acceptors (Lipinski definition) is 2. The van der Waals surface area contributed by atoms with Crippen LogP contribution in [0.2, 0.25) is 0 Å². The first-order valence-electron chi connectivity index (χ1n) is 18.8. The number of fused-ring (bicyclic) bond motifs is 12. The van der Waals surface area contributed by atoms with Gasteiger partial charge in [0.15, 0.2) is 21.9 Å². The summed E-state index contributed by atoms with van der Waals surface area (Å²) in [6.45, 7) is 15.3. The average Bonchev–Trinajstić information content (AvgIpc) is 3.45. The van der Waals surface area contributed by atoms with Gasteiger partial charge in [-0.15, -0.1) is 0 Å². The van der Waals surface area contributed by atoms with Crippen molar-refractivity contribution in [2.75, 3.05) is 0 Å². The van der Waals surface area contributed by atoms with Crippen molar-refractivity contribution in [1.82, 2.24) is 8.80 Å². The van der Waals surface area contributed by atoms with E-state index in [1.54, 1.807) is 0 Å². The number of pyridine rings is 3. The van der Waals surface area contributed by atoms with Crippen LogP contribution in [0.25, 0.3) is 87.6 Å². The van der Waals surface area contributed by atoms with Gasteiger partial charge in [0.2, 0.25) is 0 Å². The predicted molar refractivity (Wildman–Crippen MR) is 226 cm³/mol. The minimum absolute atomic E-state index is 0.0592. The van der Waals surface area contributed by atoms with Crippen LogP contribution in [0.4, 0.5) is 0 Å². The van der Waals surface area contributed by atoms with Crippen molar-refractivity contribution in [1.29, 1.82) is 0 Å². The summed E-state index contributed by atoms with van der Waals surface area (Å²) < 4.78 is 6.85. The Morgan fingerprint density at radius 3 is 1.69 bits per heavy atom. The standard InChI is InChI=1S/C49H42N3O2/c1-27-12-11-13-33-32-19-16-28(24-40(32)52-39-15-10-9-14-38(39)50(8)47(52)43(27)33)29-22-36-44-37(23-29)46(54)35-21-18-31(49(5,6)7)26-42(35)51(44)41-25-30(48(2,3)4)17-20-34(41)45(36)53/h9-26H,1-8H3/q+1. The van der Waals surface area contributed by atoms with E-state index in [2.05, 4.69) is 154 Å². The van der Waals surface area contributed by atoms with Crippen molar-refractivity contribution < 1.29 is 4.57 Å². The second kappa shape index (κ2) is 10.8. The normalized spacial score (nSPS) is 13.0. The molecule has 0 spiro atoms. The van der Waals surface area contributed by atoms with Crippen molar-refractivity contribution >= 4 is 76.5 Å². The second-order valence-electron chi connectivity index (χ2n) is 17.3. The molecule has 4 aromatic heterocycles. The molecular weight excluding hydrogens is 663 g/mol. The Labute approximate surface area is 312 Å². The maximum atomic E-state index is 14.7. The fourth-order valence-electron chi connectivity index (χ4n) is 8.95. The van der Waals surface area contributed by atoms with Gasteiger partial charge < -0.3 is 4.40 Å².